The molecule has 0 unspecified atom stereocenters. The molecule has 4 rings (SSSR count). The fraction of sp³-hybridized carbons (Fsp3) is 0.130. The number of hydrogen-bond donors (Lipinski definition) is 1. The maximum absolute atomic E-state index is 12.5. The third-order valence-corrected chi connectivity index (χ3v) is 6.25. The molecule has 1 N–H and O–H groups in total. The Hall–Kier alpha value is -2.87. The molecule has 0 aliphatic heterocycles. The van der Waals surface area contributed by atoms with Crippen LogP contribution >= 0.6 is 35.0 Å². The number of benzene rings is 2. The predicted molar refractivity (Wildman–Crippen MR) is 128 cm³/mol. The van der Waals surface area contributed by atoms with Crippen molar-refractivity contribution in [1.29, 1.82) is 0 Å². The van der Waals surface area contributed by atoms with E-state index in [4.69, 9.17) is 23.2 Å². The van der Waals surface area contributed by atoms with Crippen LogP contribution in [0.2, 0.25) is 10.0 Å². The topological polar surface area (TPSA) is 72.7 Å². The number of carbonyl (C=O) groups excluding carboxylic acids is 1. The number of hydrogen-bond acceptors (Lipinski definition) is 5. The quantitative estimate of drug-likeness (QED) is 0.358. The van der Waals surface area contributed by atoms with Crippen LogP contribution in [0.1, 0.15) is 11.1 Å². The highest BCUT2D eigenvalue weighted by molar-refractivity contribution is 7.99. The summed E-state index contributed by atoms with van der Waals surface area (Å²) in [5, 5.41) is 13.3. The van der Waals surface area contributed by atoms with E-state index in [0.717, 1.165) is 22.4 Å². The van der Waals surface area contributed by atoms with Gasteiger partial charge in [-0.3, -0.25) is 14.3 Å². The zero-order valence-corrected chi connectivity index (χ0v) is 19.5. The minimum atomic E-state index is -0.136. The van der Waals surface area contributed by atoms with E-state index in [1.165, 1.54) is 11.8 Å². The Labute approximate surface area is 200 Å². The van der Waals surface area contributed by atoms with Crippen LogP contribution in [0.5, 0.6) is 0 Å². The first kappa shape index (κ1) is 22.3. The SMILES string of the molecule is Cc1ccccc1-n1c(SCC(=O)NCc2ccc(Cl)cc2Cl)nnc1-c1cccnc1. The molecular weight excluding hydrogens is 465 g/mol. The molecule has 4 aromatic rings. The first-order chi connectivity index (χ1) is 15.5. The summed E-state index contributed by atoms with van der Waals surface area (Å²) in [6.45, 7) is 2.35. The van der Waals surface area contributed by atoms with Gasteiger partial charge in [0.25, 0.3) is 0 Å². The minimum Gasteiger partial charge on any atom is -0.351 e. The number of pyridine rings is 1. The van der Waals surface area contributed by atoms with Crippen molar-refractivity contribution in [2.75, 3.05) is 5.75 Å². The zero-order chi connectivity index (χ0) is 22.5. The Morgan fingerprint density at radius 1 is 1.09 bits per heavy atom. The van der Waals surface area contributed by atoms with Gasteiger partial charge < -0.3 is 5.32 Å². The van der Waals surface area contributed by atoms with Crippen molar-refractivity contribution in [1.82, 2.24) is 25.1 Å². The van der Waals surface area contributed by atoms with Crippen LogP contribution in [0.15, 0.2) is 72.1 Å². The molecule has 0 atom stereocenters. The largest absolute Gasteiger partial charge is 0.351 e. The number of thioether (sulfide) groups is 1. The van der Waals surface area contributed by atoms with E-state index >= 15 is 0 Å². The molecule has 9 heteroatoms. The van der Waals surface area contributed by atoms with Crippen molar-refractivity contribution in [2.45, 2.75) is 18.6 Å². The summed E-state index contributed by atoms with van der Waals surface area (Å²) in [6, 6.07) is 17.0. The normalized spacial score (nSPS) is 10.8. The van der Waals surface area contributed by atoms with Crippen LogP contribution in [0.3, 0.4) is 0 Å². The Balaban J connectivity index is 1.53. The van der Waals surface area contributed by atoms with Gasteiger partial charge in [0.05, 0.1) is 11.4 Å². The van der Waals surface area contributed by atoms with E-state index in [-0.39, 0.29) is 11.7 Å². The maximum Gasteiger partial charge on any atom is 0.230 e. The van der Waals surface area contributed by atoms with Crippen molar-refractivity contribution >= 4 is 40.9 Å². The number of amides is 1. The zero-order valence-electron chi connectivity index (χ0n) is 17.1. The van der Waals surface area contributed by atoms with Crippen molar-refractivity contribution < 1.29 is 4.79 Å². The number of para-hydroxylation sites is 1. The molecule has 162 valence electrons. The second-order valence-corrected chi connectivity index (χ2v) is 8.76. The average molecular weight is 484 g/mol. The maximum atomic E-state index is 12.5. The highest BCUT2D eigenvalue weighted by Gasteiger charge is 2.18. The summed E-state index contributed by atoms with van der Waals surface area (Å²) < 4.78 is 1.96. The smallest absolute Gasteiger partial charge is 0.230 e. The number of carbonyl (C=O) groups is 1. The molecule has 2 aromatic carbocycles. The molecule has 2 aromatic heterocycles. The molecule has 2 heterocycles. The Kier molecular flexibility index (Phi) is 7.09. The van der Waals surface area contributed by atoms with Crippen LogP contribution in [-0.4, -0.2) is 31.4 Å². The molecule has 0 bridgehead atoms. The third-order valence-electron chi connectivity index (χ3n) is 4.73. The summed E-state index contributed by atoms with van der Waals surface area (Å²) in [6.07, 6.45) is 3.46. The first-order valence-electron chi connectivity index (χ1n) is 9.78. The van der Waals surface area contributed by atoms with Crippen molar-refractivity contribution in [3.8, 4) is 17.1 Å². The Bertz CT molecular complexity index is 1250. The molecule has 32 heavy (non-hydrogen) atoms. The Morgan fingerprint density at radius 2 is 1.94 bits per heavy atom. The predicted octanol–water partition coefficient (Wildman–Crippen LogP) is 5.35. The standard InChI is InChI=1S/C23H19Cl2N5OS/c1-15-5-2-3-7-20(15)30-22(17-6-4-10-26-12-17)28-29-23(30)32-14-21(31)27-13-16-8-9-18(24)11-19(16)25/h2-12H,13-14H2,1H3,(H,27,31). The van der Waals surface area contributed by atoms with Gasteiger partial charge in [0, 0.05) is 34.5 Å². The fourth-order valence-corrected chi connectivity index (χ4v) is 4.37. The van der Waals surface area contributed by atoms with Gasteiger partial charge in [0.15, 0.2) is 11.0 Å². The molecule has 0 radical (unpaired) electrons. The third kappa shape index (κ3) is 5.12. The van der Waals surface area contributed by atoms with E-state index in [9.17, 15) is 4.79 Å². The van der Waals surface area contributed by atoms with E-state index in [2.05, 4.69) is 20.5 Å². The monoisotopic (exact) mass is 483 g/mol. The molecule has 6 nitrogen and oxygen atoms in total. The van der Waals surface area contributed by atoms with Gasteiger partial charge in [-0.05, 0) is 48.4 Å². The number of rotatable bonds is 7. The van der Waals surface area contributed by atoms with Gasteiger partial charge in [-0.15, -0.1) is 10.2 Å². The van der Waals surface area contributed by atoms with Crippen molar-refractivity contribution in [3.05, 3.63) is 88.2 Å². The van der Waals surface area contributed by atoms with Crippen LogP contribution in [0.4, 0.5) is 0 Å². The summed E-state index contributed by atoms with van der Waals surface area (Å²) in [5.41, 5.74) is 3.67. The molecule has 0 saturated carbocycles. The van der Waals surface area contributed by atoms with Gasteiger partial charge in [-0.2, -0.15) is 0 Å². The molecule has 0 spiro atoms. The summed E-state index contributed by atoms with van der Waals surface area (Å²) in [7, 11) is 0. The number of aryl methyl sites for hydroxylation is 1. The molecule has 1 amide bonds. The van der Waals surface area contributed by atoms with Gasteiger partial charge in [0.2, 0.25) is 5.91 Å². The van der Waals surface area contributed by atoms with Crippen LogP contribution in [-0.2, 0) is 11.3 Å². The van der Waals surface area contributed by atoms with Crippen molar-refractivity contribution in [2.24, 2.45) is 0 Å². The van der Waals surface area contributed by atoms with Crippen LogP contribution in [0.25, 0.3) is 17.1 Å². The number of nitrogens with zero attached hydrogens (tertiary/aromatic N) is 4. The number of nitrogens with one attached hydrogen (secondary N) is 1. The van der Waals surface area contributed by atoms with Crippen molar-refractivity contribution in [3.63, 3.8) is 0 Å². The molecule has 0 saturated heterocycles. The molecule has 0 aliphatic carbocycles. The van der Waals surface area contributed by atoms with Crippen LogP contribution < -0.4 is 5.32 Å². The van der Waals surface area contributed by atoms with Gasteiger partial charge in [-0.25, -0.2) is 0 Å². The lowest BCUT2D eigenvalue weighted by Gasteiger charge is -2.13. The minimum absolute atomic E-state index is 0.136. The van der Waals surface area contributed by atoms with Crippen LogP contribution in [0, 0.1) is 6.92 Å². The lowest BCUT2D eigenvalue weighted by molar-refractivity contribution is -0.118. The lowest BCUT2D eigenvalue weighted by Crippen LogP contribution is -2.24. The first-order valence-corrected chi connectivity index (χ1v) is 11.5. The average Bonchev–Trinajstić information content (AvgIpc) is 3.22. The number of halogens is 2. The van der Waals surface area contributed by atoms with E-state index < -0.39 is 0 Å². The lowest BCUT2D eigenvalue weighted by atomic mass is 10.2. The summed E-state index contributed by atoms with van der Waals surface area (Å²) >= 11 is 13.4. The summed E-state index contributed by atoms with van der Waals surface area (Å²) in [4.78, 5) is 16.7. The van der Waals surface area contributed by atoms with E-state index in [1.54, 1.807) is 30.6 Å². The molecule has 0 aliphatic rings. The second-order valence-electron chi connectivity index (χ2n) is 6.97. The molecule has 0 fully saturated rings. The number of aromatic nitrogens is 4. The van der Waals surface area contributed by atoms with Gasteiger partial charge >= 0.3 is 0 Å². The fourth-order valence-electron chi connectivity index (χ4n) is 3.12. The Morgan fingerprint density at radius 3 is 2.69 bits per heavy atom. The summed E-state index contributed by atoms with van der Waals surface area (Å²) in [5.74, 6) is 0.717. The molecular formula is C23H19Cl2N5OS. The highest BCUT2D eigenvalue weighted by Crippen LogP contribution is 2.29. The van der Waals surface area contributed by atoms with E-state index in [1.807, 2.05) is 47.9 Å². The van der Waals surface area contributed by atoms with E-state index in [0.29, 0.717) is 27.6 Å². The second kappa shape index (κ2) is 10.2. The van der Waals surface area contributed by atoms with Gasteiger partial charge in [-0.1, -0.05) is 59.2 Å². The highest BCUT2D eigenvalue weighted by atomic mass is 35.5. The van der Waals surface area contributed by atoms with Gasteiger partial charge in [0.1, 0.15) is 0 Å².